The van der Waals surface area contributed by atoms with E-state index < -0.39 is 6.04 Å². The molecule has 19 heavy (non-hydrogen) atoms. The van der Waals surface area contributed by atoms with Gasteiger partial charge in [0.15, 0.2) is 0 Å². The van der Waals surface area contributed by atoms with Gasteiger partial charge in [0.1, 0.15) is 5.82 Å². The number of carbonyl (C=O) groups is 2. The third kappa shape index (κ3) is 5.48. The fourth-order valence-electron chi connectivity index (χ4n) is 1.37. The third-order valence-corrected chi connectivity index (χ3v) is 2.46. The Kier molecular flexibility index (Phi) is 5.95. The molecule has 0 unspecified atom stereocenters. The highest BCUT2D eigenvalue weighted by Gasteiger charge is 2.06. The quantitative estimate of drug-likeness (QED) is 0.653. The van der Waals surface area contributed by atoms with Gasteiger partial charge < -0.3 is 16.4 Å². The smallest absolute Gasteiger partial charge is 0.251 e. The van der Waals surface area contributed by atoms with Crippen LogP contribution in [-0.2, 0) is 4.79 Å². The molecule has 2 amide bonds. The molecule has 0 heterocycles. The standard InChI is InChI=1S/C13H18FN3O2/c1-9(15)12(18)16-7-2-8-17-13(19)10-3-5-11(14)6-4-10/h3-6,9H,2,7-8,15H2,1H3,(H,16,18)(H,17,19)/t9-/m0/s1. The van der Waals surface area contributed by atoms with Crippen molar-refractivity contribution in [3.05, 3.63) is 35.6 Å². The Bertz CT molecular complexity index is 432. The number of amides is 2. The van der Waals surface area contributed by atoms with Gasteiger partial charge in [0, 0.05) is 18.7 Å². The number of nitrogens with two attached hydrogens (primary N) is 1. The van der Waals surface area contributed by atoms with E-state index in [1.54, 1.807) is 6.92 Å². The molecule has 4 N–H and O–H groups in total. The summed E-state index contributed by atoms with van der Waals surface area (Å²) in [4.78, 5) is 22.8. The van der Waals surface area contributed by atoms with Gasteiger partial charge in [-0.2, -0.15) is 0 Å². The molecule has 0 fully saturated rings. The van der Waals surface area contributed by atoms with E-state index in [0.29, 0.717) is 25.1 Å². The van der Waals surface area contributed by atoms with Gasteiger partial charge in [0.25, 0.3) is 5.91 Å². The first-order valence-electron chi connectivity index (χ1n) is 6.08. The van der Waals surface area contributed by atoms with Crippen molar-refractivity contribution in [3.63, 3.8) is 0 Å². The summed E-state index contributed by atoms with van der Waals surface area (Å²) >= 11 is 0. The highest BCUT2D eigenvalue weighted by molar-refractivity contribution is 5.94. The van der Waals surface area contributed by atoms with Crippen LogP contribution in [0.4, 0.5) is 4.39 Å². The molecule has 0 aliphatic rings. The highest BCUT2D eigenvalue weighted by Crippen LogP contribution is 2.02. The molecule has 0 saturated heterocycles. The molecule has 6 heteroatoms. The molecule has 0 spiro atoms. The number of benzene rings is 1. The summed E-state index contributed by atoms with van der Waals surface area (Å²) in [5.41, 5.74) is 5.78. The average molecular weight is 267 g/mol. The van der Waals surface area contributed by atoms with E-state index in [1.807, 2.05) is 0 Å². The van der Waals surface area contributed by atoms with E-state index in [0.717, 1.165) is 0 Å². The van der Waals surface area contributed by atoms with Crippen LogP contribution in [0.5, 0.6) is 0 Å². The lowest BCUT2D eigenvalue weighted by Gasteiger charge is -2.08. The van der Waals surface area contributed by atoms with Crippen LogP contribution >= 0.6 is 0 Å². The molecule has 1 rings (SSSR count). The summed E-state index contributed by atoms with van der Waals surface area (Å²) < 4.78 is 12.7. The number of hydrogen-bond donors (Lipinski definition) is 3. The van der Waals surface area contributed by atoms with Gasteiger partial charge >= 0.3 is 0 Å². The molecular formula is C13H18FN3O2. The Labute approximate surface area is 111 Å². The van der Waals surface area contributed by atoms with E-state index in [9.17, 15) is 14.0 Å². The molecular weight excluding hydrogens is 249 g/mol. The first-order chi connectivity index (χ1) is 9.00. The zero-order valence-corrected chi connectivity index (χ0v) is 10.8. The Morgan fingerprint density at radius 2 is 1.79 bits per heavy atom. The van der Waals surface area contributed by atoms with Crippen molar-refractivity contribution in [3.8, 4) is 0 Å². The second-order valence-corrected chi connectivity index (χ2v) is 4.20. The van der Waals surface area contributed by atoms with Crippen molar-refractivity contribution in [2.24, 2.45) is 5.73 Å². The number of rotatable bonds is 6. The molecule has 1 aromatic rings. The fourth-order valence-corrected chi connectivity index (χ4v) is 1.37. The summed E-state index contributed by atoms with van der Waals surface area (Å²) in [7, 11) is 0. The Balaban J connectivity index is 2.21. The first kappa shape index (κ1) is 15.1. The summed E-state index contributed by atoms with van der Waals surface area (Å²) in [6.07, 6.45) is 0.603. The number of halogens is 1. The maximum absolute atomic E-state index is 12.7. The topological polar surface area (TPSA) is 84.2 Å². The second-order valence-electron chi connectivity index (χ2n) is 4.20. The van der Waals surface area contributed by atoms with Crippen molar-refractivity contribution in [2.75, 3.05) is 13.1 Å². The van der Waals surface area contributed by atoms with Crippen molar-refractivity contribution < 1.29 is 14.0 Å². The molecule has 1 atom stereocenters. The molecule has 5 nitrogen and oxygen atoms in total. The highest BCUT2D eigenvalue weighted by atomic mass is 19.1. The average Bonchev–Trinajstić information content (AvgIpc) is 2.38. The van der Waals surface area contributed by atoms with Crippen LogP contribution in [0, 0.1) is 5.82 Å². The Morgan fingerprint density at radius 3 is 2.37 bits per heavy atom. The zero-order chi connectivity index (χ0) is 14.3. The van der Waals surface area contributed by atoms with Gasteiger partial charge in [-0.25, -0.2) is 4.39 Å². The van der Waals surface area contributed by atoms with E-state index >= 15 is 0 Å². The fraction of sp³-hybridized carbons (Fsp3) is 0.385. The van der Waals surface area contributed by atoms with E-state index in [4.69, 9.17) is 5.73 Å². The predicted molar refractivity (Wildman–Crippen MR) is 70.0 cm³/mol. The molecule has 104 valence electrons. The van der Waals surface area contributed by atoms with Crippen LogP contribution in [0.15, 0.2) is 24.3 Å². The van der Waals surface area contributed by atoms with E-state index in [-0.39, 0.29) is 17.6 Å². The van der Waals surface area contributed by atoms with Crippen molar-refractivity contribution in [1.82, 2.24) is 10.6 Å². The summed E-state index contributed by atoms with van der Waals surface area (Å²) in [5.74, 6) is -0.862. The first-order valence-corrected chi connectivity index (χ1v) is 6.08. The summed E-state index contributed by atoms with van der Waals surface area (Å²) in [6.45, 7) is 2.48. The molecule has 0 aliphatic heterocycles. The predicted octanol–water partition coefficient (Wildman–Crippen LogP) is 0.409. The van der Waals surface area contributed by atoms with Crippen LogP contribution in [0.3, 0.4) is 0 Å². The van der Waals surface area contributed by atoms with Crippen LogP contribution in [0.25, 0.3) is 0 Å². The van der Waals surface area contributed by atoms with E-state index in [1.165, 1.54) is 24.3 Å². The monoisotopic (exact) mass is 267 g/mol. The number of nitrogens with one attached hydrogen (secondary N) is 2. The lowest BCUT2D eigenvalue weighted by atomic mass is 10.2. The molecule has 0 aliphatic carbocycles. The van der Waals surface area contributed by atoms with Crippen LogP contribution in [0.2, 0.25) is 0 Å². The largest absolute Gasteiger partial charge is 0.355 e. The minimum atomic E-state index is -0.534. The summed E-state index contributed by atoms with van der Waals surface area (Å²) in [5, 5.41) is 5.32. The third-order valence-electron chi connectivity index (χ3n) is 2.46. The van der Waals surface area contributed by atoms with Gasteiger partial charge in [0.05, 0.1) is 6.04 Å². The van der Waals surface area contributed by atoms with Crippen molar-refractivity contribution in [2.45, 2.75) is 19.4 Å². The van der Waals surface area contributed by atoms with E-state index in [2.05, 4.69) is 10.6 Å². The molecule has 0 aromatic heterocycles. The second kappa shape index (κ2) is 7.48. The van der Waals surface area contributed by atoms with Crippen LogP contribution < -0.4 is 16.4 Å². The van der Waals surface area contributed by atoms with Gasteiger partial charge in [-0.1, -0.05) is 0 Å². The SMILES string of the molecule is C[C@H](N)C(=O)NCCCNC(=O)c1ccc(F)cc1. The lowest BCUT2D eigenvalue weighted by molar-refractivity contribution is -0.121. The molecule has 0 bridgehead atoms. The van der Waals surface area contributed by atoms with Gasteiger partial charge in [0.2, 0.25) is 5.91 Å². The van der Waals surface area contributed by atoms with Gasteiger partial charge in [-0.3, -0.25) is 9.59 Å². The van der Waals surface area contributed by atoms with Crippen LogP contribution in [0.1, 0.15) is 23.7 Å². The van der Waals surface area contributed by atoms with Gasteiger partial charge in [-0.05, 0) is 37.6 Å². The maximum Gasteiger partial charge on any atom is 0.251 e. The number of carbonyl (C=O) groups excluding carboxylic acids is 2. The van der Waals surface area contributed by atoms with Crippen molar-refractivity contribution >= 4 is 11.8 Å². The zero-order valence-electron chi connectivity index (χ0n) is 10.8. The number of hydrogen-bond acceptors (Lipinski definition) is 3. The maximum atomic E-state index is 12.7. The molecule has 0 radical (unpaired) electrons. The minimum Gasteiger partial charge on any atom is -0.355 e. The lowest BCUT2D eigenvalue weighted by Crippen LogP contribution is -2.39. The molecule has 0 saturated carbocycles. The molecule has 1 aromatic carbocycles. The Morgan fingerprint density at radius 1 is 1.21 bits per heavy atom. The van der Waals surface area contributed by atoms with Crippen LogP contribution in [-0.4, -0.2) is 30.9 Å². The van der Waals surface area contributed by atoms with Gasteiger partial charge in [-0.15, -0.1) is 0 Å². The normalized spacial score (nSPS) is 11.7. The minimum absolute atomic E-state index is 0.218. The summed E-state index contributed by atoms with van der Waals surface area (Å²) in [6, 6.07) is 4.77. The Hall–Kier alpha value is -1.95. The van der Waals surface area contributed by atoms with Crippen molar-refractivity contribution in [1.29, 1.82) is 0 Å².